The van der Waals surface area contributed by atoms with E-state index in [-0.39, 0.29) is 0 Å². The Labute approximate surface area is 101 Å². The van der Waals surface area contributed by atoms with Crippen molar-refractivity contribution in [3.05, 3.63) is 41.2 Å². The molecule has 17 heavy (non-hydrogen) atoms. The maximum atomic E-state index is 5.76. The van der Waals surface area contributed by atoms with Gasteiger partial charge in [-0.05, 0) is 24.5 Å². The molecule has 1 aromatic carbocycles. The zero-order valence-corrected chi connectivity index (χ0v) is 10.3. The van der Waals surface area contributed by atoms with E-state index in [2.05, 4.69) is 34.9 Å². The molecule has 1 aromatic heterocycles. The van der Waals surface area contributed by atoms with Crippen molar-refractivity contribution in [1.29, 1.82) is 0 Å². The van der Waals surface area contributed by atoms with E-state index in [4.69, 9.17) is 4.74 Å². The van der Waals surface area contributed by atoms with Crippen LogP contribution in [0, 0.1) is 6.92 Å². The molecule has 0 bridgehead atoms. The zero-order valence-electron chi connectivity index (χ0n) is 10.3. The molecule has 90 valence electrons. The number of ether oxygens (including phenoxy) is 1. The predicted molar refractivity (Wildman–Crippen MR) is 63.9 cm³/mol. The Morgan fingerprint density at radius 1 is 1.24 bits per heavy atom. The standard InChI is InChI=1S/C13H16N2O2/c1-9(2)11-6-4-5-7-13(11)16-8-12-10(3)14-17-15-12/h4-7,9H,8H2,1-3H3. The summed E-state index contributed by atoms with van der Waals surface area (Å²) in [4.78, 5) is 0. The van der Waals surface area contributed by atoms with Crippen LogP contribution in [-0.2, 0) is 6.61 Å². The Kier molecular flexibility index (Phi) is 3.42. The van der Waals surface area contributed by atoms with Gasteiger partial charge in [-0.25, -0.2) is 4.63 Å². The van der Waals surface area contributed by atoms with Gasteiger partial charge in [-0.2, -0.15) is 0 Å². The molecule has 0 saturated heterocycles. The molecule has 1 heterocycles. The van der Waals surface area contributed by atoms with Crippen molar-refractivity contribution >= 4 is 0 Å². The monoisotopic (exact) mass is 232 g/mol. The van der Waals surface area contributed by atoms with E-state index >= 15 is 0 Å². The average Bonchev–Trinajstić information content (AvgIpc) is 2.72. The van der Waals surface area contributed by atoms with Crippen LogP contribution < -0.4 is 4.74 Å². The summed E-state index contributed by atoms with van der Waals surface area (Å²) in [6.45, 7) is 6.53. The van der Waals surface area contributed by atoms with Crippen LogP contribution in [0.4, 0.5) is 0 Å². The second kappa shape index (κ2) is 4.99. The molecular formula is C13H16N2O2. The van der Waals surface area contributed by atoms with Crippen molar-refractivity contribution in [2.45, 2.75) is 33.3 Å². The summed E-state index contributed by atoms with van der Waals surface area (Å²) < 4.78 is 10.4. The Bertz CT molecular complexity index is 492. The molecule has 0 N–H and O–H groups in total. The smallest absolute Gasteiger partial charge is 0.145 e. The molecule has 0 atom stereocenters. The number of nitrogens with zero attached hydrogens (tertiary/aromatic N) is 2. The van der Waals surface area contributed by atoms with E-state index in [0.717, 1.165) is 17.1 Å². The molecular weight excluding hydrogens is 216 g/mol. The third-order valence-corrected chi connectivity index (χ3v) is 2.65. The molecule has 4 nitrogen and oxygen atoms in total. The number of aryl methyl sites for hydroxylation is 1. The first kappa shape index (κ1) is 11.6. The summed E-state index contributed by atoms with van der Waals surface area (Å²) in [6, 6.07) is 8.03. The summed E-state index contributed by atoms with van der Waals surface area (Å²) in [7, 11) is 0. The fourth-order valence-electron chi connectivity index (χ4n) is 1.62. The lowest BCUT2D eigenvalue weighted by molar-refractivity contribution is 0.268. The van der Waals surface area contributed by atoms with Gasteiger partial charge in [-0.3, -0.25) is 0 Å². The molecule has 0 aliphatic carbocycles. The van der Waals surface area contributed by atoms with E-state index in [1.807, 2.05) is 25.1 Å². The molecule has 2 aromatic rings. The van der Waals surface area contributed by atoms with Crippen LogP contribution in [0.25, 0.3) is 0 Å². The van der Waals surface area contributed by atoms with Crippen LogP contribution >= 0.6 is 0 Å². The van der Waals surface area contributed by atoms with Crippen molar-refractivity contribution < 1.29 is 9.37 Å². The average molecular weight is 232 g/mol. The number of hydrogen-bond acceptors (Lipinski definition) is 4. The van der Waals surface area contributed by atoms with E-state index in [1.165, 1.54) is 5.56 Å². The molecule has 0 radical (unpaired) electrons. The Morgan fingerprint density at radius 2 is 2.00 bits per heavy atom. The van der Waals surface area contributed by atoms with Gasteiger partial charge in [-0.1, -0.05) is 42.4 Å². The number of hydrogen-bond donors (Lipinski definition) is 0. The normalized spacial score (nSPS) is 10.8. The number of rotatable bonds is 4. The fraction of sp³-hybridized carbons (Fsp3) is 0.385. The summed E-state index contributed by atoms with van der Waals surface area (Å²) >= 11 is 0. The Balaban J connectivity index is 2.11. The van der Waals surface area contributed by atoms with Gasteiger partial charge in [0.15, 0.2) is 0 Å². The maximum absolute atomic E-state index is 5.76. The first-order valence-electron chi connectivity index (χ1n) is 5.68. The molecule has 0 fully saturated rings. The second-order valence-electron chi connectivity index (χ2n) is 4.28. The van der Waals surface area contributed by atoms with Crippen molar-refractivity contribution in [3.8, 4) is 5.75 Å². The minimum absolute atomic E-state index is 0.388. The van der Waals surface area contributed by atoms with Crippen LogP contribution in [-0.4, -0.2) is 10.3 Å². The van der Waals surface area contributed by atoms with Gasteiger partial charge in [-0.15, -0.1) is 0 Å². The van der Waals surface area contributed by atoms with E-state index in [9.17, 15) is 0 Å². The van der Waals surface area contributed by atoms with Gasteiger partial charge < -0.3 is 4.74 Å². The van der Waals surface area contributed by atoms with E-state index in [1.54, 1.807) is 0 Å². The number of para-hydroxylation sites is 1. The van der Waals surface area contributed by atoms with Crippen molar-refractivity contribution in [2.75, 3.05) is 0 Å². The fourth-order valence-corrected chi connectivity index (χ4v) is 1.62. The molecule has 0 aliphatic rings. The largest absolute Gasteiger partial charge is 0.487 e. The lowest BCUT2D eigenvalue weighted by Gasteiger charge is -2.12. The van der Waals surface area contributed by atoms with Crippen LogP contribution in [0.1, 0.15) is 36.7 Å². The topological polar surface area (TPSA) is 48.2 Å². The summed E-state index contributed by atoms with van der Waals surface area (Å²) in [5, 5.41) is 7.51. The van der Waals surface area contributed by atoms with Gasteiger partial charge in [0.2, 0.25) is 0 Å². The van der Waals surface area contributed by atoms with Crippen LogP contribution in [0.15, 0.2) is 28.9 Å². The highest BCUT2D eigenvalue weighted by molar-refractivity contribution is 5.35. The van der Waals surface area contributed by atoms with Crippen LogP contribution in [0.2, 0.25) is 0 Å². The first-order valence-corrected chi connectivity index (χ1v) is 5.68. The molecule has 2 rings (SSSR count). The highest BCUT2D eigenvalue weighted by Crippen LogP contribution is 2.26. The van der Waals surface area contributed by atoms with Gasteiger partial charge in [0.05, 0.1) is 0 Å². The molecule has 0 unspecified atom stereocenters. The van der Waals surface area contributed by atoms with Crippen LogP contribution in [0.3, 0.4) is 0 Å². The number of benzene rings is 1. The van der Waals surface area contributed by atoms with Gasteiger partial charge >= 0.3 is 0 Å². The summed E-state index contributed by atoms with van der Waals surface area (Å²) in [6.07, 6.45) is 0. The van der Waals surface area contributed by atoms with Gasteiger partial charge in [0, 0.05) is 0 Å². The third-order valence-electron chi connectivity index (χ3n) is 2.65. The van der Waals surface area contributed by atoms with E-state index in [0.29, 0.717) is 12.5 Å². The summed E-state index contributed by atoms with van der Waals surface area (Å²) in [5.41, 5.74) is 2.71. The third kappa shape index (κ3) is 2.64. The van der Waals surface area contributed by atoms with E-state index < -0.39 is 0 Å². The van der Waals surface area contributed by atoms with Gasteiger partial charge in [0.1, 0.15) is 23.7 Å². The second-order valence-corrected chi connectivity index (χ2v) is 4.28. The molecule has 0 spiro atoms. The lowest BCUT2D eigenvalue weighted by Crippen LogP contribution is -2.01. The first-order chi connectivity index (χ1) is 8.18. The lowest BCUT2D eigenvalue weighted by atomic mass is 10.0. The molecule has 4 heteroatoms. The van der Waals surface area contributed by atoms with Crippen molar-refractivity contribution in [3.63, 3.8) is 0 Å². The predicted octanol–water partition coefficient (Wildman–Crippen LogP) is 3.08. The maximum Gasteiger partial charge on any atom is 0.145 e. The minimum atomic E-state index is 0.388. The molecule has 0 aliphatic heterocycles. The van der Waals surface area contributed by atoms with Crippen molar-refractivity contribution in [1.82, 2.24) is 10.3 Å². The zero-order chi connectivity index (χ0) is 12.3. The summed E-state index contributed by atoms with van der Waals surface area (Å²) in [5.74, 6) is 1.33. The van der Waals surface area contributed by atoms with Crippen molar-refractivity contribution in [2.24, 2.45) is 0 Å². The molecule has 0 saturated carbocycles. The molecule has 0 amide bonds. The Morgan fingerprint density at radius 3 is 2.65 bits per heavy atom. The van der Waals surface area contributed by atoms with Crippen LogP contribution in [0.5, 0.6) is 5.75 Å². The quantitative estimate of drug-likeness (QED) is 0.812. The Hall–Kier alpha value is -1.84. The number of aromatic nitrogens is 2. The SMILES string of the molecule is Cc1nonc1COc1ccccc1C(C)C. The minimum Gasteiger partial charge on any atom is -0.487 e. The highest BCUT2D eigenvalue weighted by Gasteiger charge is 2.09. The highest BCUT2D eigenvalue weighted by atomic mass is 16.6. The van der Waals surface area contributed by atoms with Gasteiger partial charge in [0.25, 0.3) is 0 Å².